The zero-order valence-electron chi connectivity index (χ0n) is 20.1. The second kappa shape index (κ2) is 10.5. The molecule has 0 heterocycles. The first-order chi connectivity index (χ1) is 15.7. The molecular formula is C25H34N2O5S. The number of anilines is 1. The Bertz CT molecular complexity index is 1100. The minimum absolute atomic E-state index is 0.195. The number of nitrogens with one attached hydrogen (secondary N) is 1. The van der Waals surface area contributed by atoms with Crippen molar-refractivity contribution in [3.8, 4) is 11.5 Å². The fourth-order valence-electron chi connectivity index (χ4n) is 4.45. The van der Waals surface area contributed by atoms with E-state index in [-0.39, 0.29) is 11.9 Å². The van der Waals surface area contributed by atoms with E-state index in [1.54, 1.807) is 25.1 Å². The summed E-state index contributed by atoms with van der Waals surface area (Å²) in [7, 11) is -0.763. The highest BCUT2D eigenvalue weighted by molar-refractivity contribution is 7.92. The smallest absolute Gasteiger partial charge is 0.244 e. The van der Waals surface area contributed by atoms with Gasteiger partial charge in [-0.05, 0) is 67.9 Å². The van der Waals surface area contributed by atoms with E-state index in [0.717, 1.165) is 29.0 Å². The van der Waals surface area contributed by atoms with E-state index < -0.39 is 16.1 Å². The number of rotatable bonds is 9. The summed E-state index contributed by atoms with van der Waals surface area (Å²) in [6, 6.07) is 10.1. The van der Waals surface area contributed by atoms with Crippen molar-refractivity contribution in [2.75, 3.05) is 24.8 Å². The van der Waals surface area contributed by atoms with Gasteiger partial charge >= 0.3 is 0 Å². The Hall–Kier alpha value is -2.74. The van der Waals surface area contributed by atoms with Gasteiger partial charge in [0.2, 0.25) is 15.9 Å². The molecule has 0 saturated heterocycles. The van der Waals surface area contributed by atoms with Crippen LogP contribution in [0, 0.1) is 0 Å². The molecule has 0 saturated carbocycles. The first kappa shape index (κ1) is 24.9. The number of hydrogen-bond donors (Lipinski definition) is 1. The number of methoxy groups -OCH3 is 2. The van der Waals surface area contributed by atoms with Crippen molar-refractivity contribution < 1.29 is 22.7 Å². The van der Waals surface area contributed by atoms with Crippen LogP contribution in [0.3, 0.4) is 0 Å². The predicted octanol–water partition coefficient (Wildman–Crippen LogP) is 4.00. The number of nitrogens with zero attached hydrogens (tertiary/aromatic N) is 1. The van der Waals surface area contributed by atoms with Gasteiger partial charge in [0, 0.05) is 6.07 Å². The molecule has 1 N–H and O–H groups in total. The summed E-state index contributed by atoms with van der Waals surface area (Å²) in [6.07, 6.45) is 6.36. The highest BCUT2D eigenvalue weighted by Crippen LogP contribution is 2.33. The number of benzene rings is 2. The van der Waals surface area contributed by atoms with Crippen LogP contribution in [0.2, 0.25) is 0 Å². The van der Waals surface area contributed by atoms with Crippen molar-refractivity contribution in [3.05, 3.63) is 53.1 Å². The molecule has 0 aromatic heterocycles. The molecule has 3 rings (SSSR count). The van der Waals surface area contributed by atoms with Gasteiger partial charge in [0.05, 0.1) is 32.2 Å². The molecule has 8 heteroatoms. The lowest BCUT2D eigenvalue weighted by Crippen LogP contribution is -2.48. The van der Waals surface area contributed by atoms with Crippen molar-refractivity contribution in [2.45, 2.75) is 58.0 Å². The summed E-state index contributed by atoms with van der Waals surface area (Å²) in [5, 5.41) is 3.06. The lowest BCUT2D eigenvalue weighted by atomic mass is 9.88. The maximum atomic E-state index is 13.2. The zero-order valence-corrected chi connectivity index (χ0v) is 20.9. The van der Waals surface area contributed by atoms with Crippen LogP contribution in [0.5, 0.6) is 11.5 Å². The van der Waals surface area contributed by atoms with Gasteiger partial charge < -0.3 is 14.8 Å². The van der Waals surface area contributed by atoms with Gasteiger partial charge in [-0.1, -0.05) is 25.1 Å². The third kappa shape index (κ3) is 5.61. The summed E-state index contributed by atoms with van der Waals surface area (Å²) >= 11 is 0. The van der Waals surface area contributed by atoms with Gasteiger partial charge in [0.25, 0.3) is 0 Å². The maximum absolute atomic E-state index is 13.2. The normalized spacial score (nSPS) is 15.2. The quantitative estimate of drug-likeness (QED) is 0.594. The zero-order chi connectivity index (χ0) is 24.2. The second-order valence-electron chi connectivity index (χ2n) is 8.48. The number of aryl methyl sites for hydroxylation is 2. The Morgan fingerprint density at radius 3 is 2.30 bits per heavy atom. The number of ether oxygens (including phenoxy) is 2. The van der Waals surface area contributed by atoms with Crippen LogP contribution in [0.15, 0.2) is 36.4 Å². The monoisotopic (exact) mass is 474 g/mol. The molecule has 2 aromatic carbocycles. The Morgan fingerprint density at radius 2 is 1.70 bits per heavy atom. The maximum Gasteiger partial charge on any atom is 0.244 e. The second-order valence-corrected chi connectivity index (χ2v) is 10.3. The Kier molecular flexibility index (Phi) is 7.89. The van der Waals surface area contributed by atoms with Crippen molar-refractivity contribution >= 4 is 21.6 Å². The molecule has 1 amide bonds. The van der Waals surface area contributed by atoms with E-state index in [4.69, 9.17) is 9.47 Å². The predicted molar refractivity (Wildman–Crippen MR) is 131 cm³/mol. The molecule has 33 heavy (non-hydrogen) atoms. The number of carbonyl (C=O) groups excluding carboxylic acids is 1. The van der Waals surface area contributed by atoms with Gasteiger partial charge in [-0.25, -0.2) is 8.42 Å². The fourth-order valence-corrected chi connectivity index (χ4v) is 5.62. The summed E-state index contributed by atoms with van der Waals surface area (Å²) in [4.78, 5) is 13.2. The highest BCUT2D eigenvalue weighted by Gasteiger charge is 2.31. The average Bonchev–Trinajstić information content (AvgIpc) is 2.81. The standard InChI is InChI=1S/C25H34N2O5S/c1-6-22(20-12-11-18-9-7-8-10-19(18)15-20)26-25(28)17(2)27(33(5,29)30)21-13-14-23(31-3)24(16-21)32-4/h11-17,22H,6-10H2,1-5H3,(H,26,28)/t17-,22+/m1/s1. The SMILES string of the molecule is CC[C@H](NC(=O)[C@@H](C)N(c1ccc(OC)c(OC)c1)S(C)(=O)=O)c1ccc2c(c1)CCCC2. The van der Waals surface area contributed by atoms with Crippen molar-refractivity contribution in [1.82, 2.24) is 5.32 Å². The third-order valence-electron chi connectivity index (χ3n) is 6.21. The van der Waals surface area contributed by atoms with Crippen molar-refractivity contribution in [3.63, 3.8) is 0 Å². The third-order valence-corrected chi connectivity index (χ3v) is 7.45. The van der Waals surface area contributed by atoms with E-state index in [2.05, 4.69) is 23.5 Å². The largest absolute Gasteiger partial charge is 0.493 e. The molecule has 0 aliphatic heterocycles. The number of amides is 1. The van der Waals surface area contributed by atoms with E-state index in [0.29, 0.717) is 23.6 Å². The molecule has 1 aliphatic rings. The molecule has 1 aliphatic carbocycles. The summed E-state index contributed by atoms with van der Waals surface area (Å²) < 4.78 is 37.1. The number of carbonyl (C=O) groups is 1. The van der Waals surface area contributed by atoms with Gasteiger partial charge in [-0.2, -0.15) is 0 Å². The minimum atomic E-state index is -3.75. The summed E-state index contributed by atoms with van der Waals surface area (Å²) in [5.74, 6) is 0.502. The molecule has 180 valence electrons. The molecule has 0 radical (unpaired) electrons. The average molecular weight is 475 g/mol. The van der Waals surface area contributed by atoms with Crippen LogP contribution in [0.1, 0.15) is 55.8 Å². The Labute approximate surface area is 197 Å². The summed E-state index contributed by atoms with van der Waals surface area (Å²) in [6.45, 7) is 3.60. The van der Waals surface area contributed by atoms with Crippen LogP contribution in [-0.4, -0.2) is 40.8 Å². The van der Waals surface area contributed by atoms with E-state index in [1.807, 2.05) is 6.92 Å². The van der Waals surface area contributed by atoms with Crippen LogP contribution >= 0.6 is 0 Å². The topological polar surface area (TPSA) is 84.9 Å². The fraction of sp³-hybridized carbons (Fsp3) is 0.480. The van der Waals surface area contributed by atoms with Gasteiger partial charge in [-0.15, -0.1) is 0 Å². The number of fused-ring (bicyclic) bond motifs is 1. The van der Waals surface area contributed by atoms with Crippen LogP contribution in [-0.2, 0) is 27.7 Å². The highest BCUT2D eigenvalue weighted by atomic mass is 32.2. The molecule has 7 nitrogen and oxygen atoms in total. The number of sulfonamides is 1. The van der Waals surface area contributed by atoms with Crippen LogP contribution in [0.4, 0.5) is 5.69 Å². The first-order valence-corrected chi connectivity index (χ1v) is 13.2. The Morgan fingerprint density at radius 1 is 1.03 bits per heavy atom. The van der Waals surface area contributed by atoms with Crippen LogP contribution < -0.4 is 19.1 Å². The lowest BCUT2D eigenvalue weighted by molar-refractivity contribution is -0.122. The van der Waals surface area contributed by atoms with E-state index in [1.165, 1.54) is 38.2 Å². The Balaban J connectivity index is 1.86. The molecule has 0 unspecified atom stereocenters. The molecule has 2 atom stereocenters. The van der Waals surface area contributed by atoms with Crippen molar-refractivity contribution in [2.24, 2.45) is 0 Å². The van der Waals surface area contributed by atoms with E-state index >= 15 is 0 Å². The molecular weight excluding hydrogens is 440 g/mol. The van der Waals surface area contributed by atoms with Gasteiger partial charge in [0.15, 0.2) is 11.5 Å². The van der Waals surface area contributed by atoms with Crippen LogP contribution in [0.25, 0.3) is 0 Å². The number of hydrogen-bond acceptors (Lipinski definition) is 5. The van der Waals surface area contributed by atoms with E-state index in [9.17, 15) is 13.2 Å². The molecule has 2 aromatic rings. The minimum Gasteiger partial charge on any atom is -0.493 e. The molecule has 0 bridgehead atoms. The van der Waals surface area contributed by atoms with Crippen molar-refractivity contribution in [1.29, 1.82) is 0 Å². The van der Waals surface area contributed by atoms with Gasteiger partial charge in [0.1, 0.15) is 6.04 Å². The van der Waals surface area contributed by atoms with Gasteiger partial charge in [-0.3, -0.25) is 9.10 Å². The lowest BCUT2D eigenvalue weighted by Gasteiger charge is -2.30. The first-order valence-electron chi connectivity index (χ1n) is 11.3. The molecule has 0 fully saturated rings. The molecule has 0 spiro atoms. The summed E-state index contributed by atoms with van der Waals surface area (Å²) in [5.41, 5.74) is 4.12.